The molecule has 0 amide bonds. The summed E-state index contributed by atoms with van der Waals surface area (Å²) < 4.78 is 32.7. The highest BCUT2D eigenvalue weighted by Gasteiger charge is 2.23. The molecule has 0 aliphatic heterocycles. The van der Waals surface area contributed by atoms with Gasteiger partial charge in [0.25, 0.3) is 0 Å². The first-order valence-corrected chi connectivity index (χ1v) is 7.12. The topological polar surface area (TPSA) is 21.3 Å². The van der Waals surface area contributed by atoms with Crippen LogP contribution in [-0.2, 0) is 0 Å². The fourth-order valence-electron chi connectivity index (χ4n) is 2.18. The lowest BCUT2D eigenvalue weighted by atomic mass is 10.1. The summed E-state index contributed by atoms with van der Waals surface area (Å²) >= 11 is 0. The number of halogens is 2. The lowest BCUT2D eigenvalue weighted by Crippen LogP contribution is -2.27. The molecule has 0 aromatic heterocycles. The van der Waals surface area contributed by atoms with Crippen LogP contribution < -0.4 is 10.1 Å². The molecule has 1 N–H and O–H groups in total. The van der Waals surface area contributed by atoms with E-state index >= 15 is 0 Å². The van der Waals surface area contributed by atoms with Gasteiger partial charge < -0.3 is 10.1 Å². The largest absolute Gasteiger partial charge is 0.481 e. The van der Waals surface area contributed by atoms with Gasteiger partial charge in [-0.3, -0.25) is 0 Å². The first-order valence-electron chi connectivity index (χ1n) is 7.12. The quantitative estimate of drug-likeness (QED) is 0.872. The Morgan fingerprint density at radius 1 is 1.10 bits per heavy atom. The van der Waals surface area contributed by atoms with Gasteiger partial charge in [-0.05, 0) is 30.5 Å². The van der Waals surface area contributed by atoms with E-state index in [0.29, 0.717) is 12.6 Å². The number of hydrogen-bond acceptors (Lipinski definition) is 2. The summed E-state index contributed by atoms with van der Waals surface area (Å²) in [6.07, 6.45) is 1.98. The van der Waals surface area contributed by atoms with Crippen molar-refractivity contribution >= 4 is 0 Å². The molecule has 3 rings (SSSR count). The third kappa shape index (κ3) is 3.79. The summed E-state index contributed by atoms with van der Waals surface area (Å²) in [4.78, 5) is 0. The van der Waals surface area contributed by atoms with Gasteiger partial charge >= 0.3 is 0 Å². The molecule has 2 aromatic rings. The second-order valence-corrected chi connectivity index (χ2v) is 5.27. The Bertz CT molecular complexity index is 599. The van der Waals surface area contributed by atoms with Crippen molar-refractivity contribution in [3.63, 3.8) is 0 Å². The highest BCUT2D eigenvalue weighted by Crippen LogP contribution is 2.26. The Labute approximate surface area is 122 Å². The van der Waals surface area contributed by atoms with E-state index in [1.807, 2.05) is 30.3 Å². The molecule has 2 aromatic carbocycles. The van der Waals surface area contributed by atoms with E-state index in [1.165, 1.54) is 0 Å². The van der Waals surface area contributed by atoms with Gasteiger partial charge in [-0.15, -0.1) is 0 Å². The van der Waals surface area contributed by atoms with Crippen LogP contribution in [0.5, 0.6) is 5.75 Å². The molecular weight excluding hydrogens is 272 g/mol. The Balaban J connectivity index is 1.78. The molecule has 1 aliphatic carbocycles. The van der Waals surface area contributed by atoms with Crippen LogP contribution in [0.2, 0.25) is 0 Å². The molecule has 1 atom stereocenters. The monoisotopic (exact) mass is 289 g/mol. The van der Waals surface area contributed by atoms with E-state index in [-0.39, 0.29) is 11.9 Å². The van der Waals surface area contributed by atoms with Crippen molar-refractivity contribution in [2.24, 2.45) is 0 Å². The summed E-state index contributed by atoms with van der Waals surface area (Å²) in [5.41, 5.74) is 0.939. The Kier molecular flexibility index (Phi) is 4.15. The summed E-state index contributed by atoms with van der Waals surface area (Å²) in [7, 11) is 0. The van der Waals surface area contributed by atoms with Crippen molar-refractivity contribution in [1.29, 1.82) is 0 Å². The number of nitrogens with one attached hydrogen (secondary N) is 1. The van der Waals surface area contributed by atoms with Crippen molar-refractivity contribution in [2.45, 2.75) is 25.0 Å². The molecule has 0 spiro atoms. The molecule has 21 heavy (non-hydrogen) atoms. The zero-order valence-corrected chi connectivity index (χ0v) is 11.6. The summed E-state index contributed by atoms with van der Waals surface area (Å²) in [6, 6.07) is 13.4. The van der Waals surface area contributed by atoms with Crippen molar-refractivity contribution < 1.29 is 13.5 Å². The van der Waals surface area contributed by atoms with Gasteiger partial charge in [0.1, 0.15) is 11.9 Å². The Hall–Kier alpha value is -1.94. The van der Waals surface area contributed by atoms with Gasteiger partial charge in [0.05, 0.1) is 0 Å². The van der Waals surface area contributed by atoms with Gasteiger partial charge in [0.15, 0.2) is 11.6 Å². The molecule has 1 saturated carbocycles. The maximum Gasteiger partial charge on any atom is 0.165 e. The normalized spacial score (nSPS) is 15.7. The molecule has 2 nitrogen and oxygen atoms in total. The number of hydrogen-bond donors (Lipinski definition) is 1. The van der Waals surface area contributed by atoms with E-state index in [4.69, 9.17) is 4.74 Å². The molecule has 4 heteroatoms. The molecular formula is C17H17F2NO. The lowest BCUT2D eigenvalue weighted by Gasteiger charge is -2.20. The van der Waals surface area contributed by atoms with E-state index < -0.39 is 11.6 Å². The highest BCUT2D eigenvalue weighted by atomic mass is 19.1. The van der Waals surface area contributed by atoms with E-state index in [9.17, 15) is 8.78 Å². The van der Waals surface area contributed by atoms with Gasteiger partial charge in [0.2, 0.25) is 0 Å². The Morgan fingerprint density at radius 3 is 2.57 bits per heavy atom. The Morgan fingerprint density at radius 2 is 1.86 bits per heavy atom. The van der Waals surface area contributed by atoms with Crippen LogP contribution in [0.4, 0.5) is 8.78 Å². The second kappa shape index (κ2) is 6.22. The standard InChI is InChI=1S/C17H17F2NO/c18-13-6-9-15(19)16(10-13)21-17(11-20-14-7-8-14)12-4-2-1-3-5-12/h1-6,9-10,14,17,20H,7-8,11H2. The minimum atomic E-state index is -0.552. The highest BCUT2D eigenvalue weighted by molar-refractivity contribution is 5.27. The van der Waals surface area contributed by atoms with Crippen LogP contribution in [0, 0.1) is 11.6 Å². The molecule has 0 bridgehead atoms. The van der Waals surface area contributed by atoms with Gasteiger partial charge in [-0.2, -0.15) is 0 Å². The third-order valence-electron chi connectivity index (χ3n) is 3.50. The fourth-order valence-corrected chi connectivity index (χ4v) is 2.18. The maximum atomic E-state index is 13.7. The number of benzene rings is 2. The predicted octanol–water partition coefficient (Wildman–Crippen LogP) is 3.84. The average molecular weight is 289 g/mol. The number of ether oxygens (including phenoxy) is 1. The average Bonchev–Trinajstić information content (AvgIpc) is 3.32. The molecule has 1 aliphatic rings. The molecule has 1 unspecified atom stereocenters. The van der Waals surface area contributed by atoms with E-state index in [0.717, 1.165) is 36.6 Å². The van der Waals surface area contributed by atoms with Crippen LogP contribution in [0.25, 0.3) is 0 Å². The number of rotatable bonds is 6. The minimum Gasteiger partial charge on any atom is -0.481 e. The van der Waals surface area contributed by atoms with Crippen LogP contribution in [0.1, 0.15) is 24.5 Å². The molecule has 0 heterocycles. The zero-order chi connectivity index (χ0) is 14.7. The van der Waals surface area contributed by atoms with Crippen LogP contribution in [0.3, 0.4) is 0 Å². The predicted molar refractivity (Wildman–Crippen MR) is 77.2 cm³/mol. The molecule has 110 valence electrons. The van der Waals surface area contributed by atoms with E-state index in [2.05, 4.69) is 5.32 Å². The summed E-state index contributed by atoms with van der Waals surface area (Å²) in [5.74, 6) is -1.11. The molecule has 0 radical (unpaired) electrons. The smallest absolute Gasteiger partial charge is 0.165 e. The second-order valence-electron chi connectivity index (χ2n) is 5.27. The fraction of sp³-hybridized carbons (Fsp3) is 0.294. The lowest BCUT2D eigenvalue weighted by molar-refractivity contribution is 0.191. The van der Waals surface area contributed by atoms with Crippen molar-refractivity contribution in [3.8, 4) is 5.75 Å². The van der Waals surface area contributed by atoms with Crippen LogP contribution in [0.15, 0.2) is 48.5 Å². The first-order chi connectivity index (χ1) is 10.2. The SMILES string of the molecule is Fc1ccc(F)c(OC(CNC2CC2)c2ccccc2)c1. The minimum absolute atomic E-state index is 0.0542. The summed E-state index contributed by atoms with van der Waals surface area (Å²) in [5, 5.41) is 3.37. The summed E-state index contributed by atoms with van der Waals surface area (Å²) in [6.45, 7) is 0.574. The van der Waals surface area contributed by atoms with Crippen molar-refractivity contribution in [1.82, 2.24) is 5.32 Å². The van der Waals surface area contributed by atoms with Crippen LogP contribution >= 0.6 is 0 Å². The molecule has 0 saturated heterocycles. The van der Waals surface area contributed by atoms with Gasteiger partial charge in [-0.25, -0.2) is 8.78 Å². The van der Waals surface area contributed by atoms with Gasteiger partial charge in [-0.1, -0.05) is 30.3 Å². The van der Waals surface area contributed by atoms with Crippen molar-refractivity contribution in [3.05, 3.63) is 65.7 Å². The molecule has 1 fully saturated rings. The zero-order valence-electron chi connectivity index (χ0n) is 11.6. The first kappa shape index (κ1) is 14.0. The van der Waals surface area contributed by atoms with Gasteiger partial charge in [0, 0.05) is 18.7 Å². The van der Waals surface area contributed by atoms with E-state index in [1.54, 1.807) is 0 Å². The maximum absolute atomic E-state index is 13.7. The van der Waals surface area contributed by atoms with Crippen molar-refractivity contribution in [2.75, 3.05) is 6.54 Å². The van der Waals surface area contributed by atoms with Crippen LogP contribution in [-0.4, -0.2) is 12.6 Å². The third-order valence-corrected chi connectivity index (χ3v) is 3.50.